The van der Waals surface area contributed by atoms with E-state index < -0.39 is 5.76 Å². The van der Waals surface area contributed by atoms with E-state index in [-0.39, 0.29) is 5.91 Å². The smallest absolute Gasteiger partial charge is 0.288 e. The highest BCUT2D eigenvalue weighted by molar-refractivity contribution is 7.99. The summed E-state index contributed by atoms with van der Waals surface area (Å²) in [4.78, 5) is 26.3. The van der Waals surface area contributed by atoms with Crippen molar-refractivity contribution in [3.8, 4) is 0 Å². The normalized spacial score (nSPS) is 14.0. The van der Waals surface area contributed by atoms with Crippen LogP contribution in [0.5, 0.6) is 0 Å². The number of carbonyl (C=O) groups is 1. The van der Waals surface area contributed by atoms with E-state index in [1.807, 2.05) is 44.2 Å². The van der Waals surface area contributed by atoms with E-state index in [0.717, 1.165) is 17.2 Å². The number of piperazine rings is 1. The fourth-order valence-corrected chi connectivity index (χ4v) is 4.32. The first-order chi connectivity index (χ1) is 15.9. The summed E-state index contributed by atoms with van der Waals surface area (Å²) in [5, 5.41) is 3.24. The van der Waals surface area contributed by atoms with E-state index in [4.69, 9.17) is 0 Å². The van der Waals surface area contributed by atoms with Gasteiger partial charge in [-0.2, -0.15) is 13.8 Å². The molecular formula is C24H25F2N5OS. The molecule has 0 spiro atoms. The van der Waals surface area contributed by atoms with Gasteiger partial charge in [0, 0.05) is 48.5 Å². The molecule has 9 heteroatoms. The molecule has 3 aromatic rings. The number of nitrogens with zero attached hydrogens (tertiary/aromatic N) is 4. The second-order valence-electron chi connectivity index (χ2n) is 7.84. The first-order valence-electron chi connectivity index (χ1n) is 10.7. The van der Waals surface area contributed by atoms with Gasteiger partial charge in [-0.25, -0.2) is 4.98 Å². The number of carbonyl (C=O) groups excluding carboxylic acids is 1. The van der Waals surface area contributed by atoms with Gasteiger partial charge in [0.25, 0.3) is 11.7 Å². The molecule has 0 bridgehead atoms. The Balaban J connectivity index is 1.43. The number of nitrogens with one attached hydrogen (secondary N) is 1. The number of thioether (sulfide) groups is 1. The number of benzene rings is 2. The average Bonchev–Trinajstić information content (AvgIpc) is 2.80. The van der Waals surface area contributed by atoms with Gasteiger partial charge in [0.15, 0.2) is 0 Å². The highest BCUT2D eigenvalue weighted by Crippen LogP contribution is 2.29. The van der Waals surface area contributed by atoms with Crippen molar-refractivity contribution in [2.24, 2.45) is 0 Å². The topological polar surface area (TPSA) is 61.4 Å². The number of rotatable bonds is 6. The van der Waals surface area contributed by atoms with Crippen LogP contribution >= 0.6 is 11.8 Å². The molecule has 4 rings (SSSR count). The molecule has 1 fully saturated rings. The average molecular weight is 470 g/mol. The molecule has 1 N–H and O–H groups in total. The van der Waals surface area contributed by atoms with Crippen molar-refractivity contribution in [3.63, 3.8) is 0 Å². The molecule has 1 aliphatic rings. The molecular weight excluding hydrogens is 444 g/mol. The van der Waals surface area contributed by atoms with Crippen LogP contribution in [0.1, 0.15) is 21.6 Å². The molecule has 1 amide bonds. The highest BCUT2D eigenvalue weighted by atomic mass is 32.2. The number of amides is 1. The van der Waals surface area contributed by atoms with Crippen LogP contribution < -0.4 is 10.2 Å². The molecule has 0 saturated carbocycles. The Morgan fingerprint density at radius 3 is 2.39 bits per heavy atom. The maximum Gasteiger partial charge on any atom is 0.288 e. The summed E-state index contributed by atoms with van der Waals surface area (Å²) in [6.45, 7) is 6.10. The van der Waals surface area contributed by atoms with Crippen LogP contribution in [0.15, 0.2) is 59.5 Å². The van der Waals surface area contributed by atoms with Crippen molar-refractivity contribution in [2.75, 3.05) is 36.4 Å². The van der Waals surface area contributed by atoms with Crippen LogP contribution in [0.3, 0.4) is 0 Å². The quantitative estimate of drug-likeness (QED) is 0.506. The zero-order valence-electron chi connectivity index (χ0n) is 18.5. The third kappa shape index (κ3) is 5.78. The van der Waals surface area contributed by atoms with Crippen LogP contribution in [-0.2, 0) is 0 Å². The van der Waals surface area contributed by atoms with Crippen LogP contribution in [-0.4, -0.2) is 52.7 Å². The first-order valence-corrected chi connectivity index (χ1v) is 11.5. The molecule has 1 aliphatic heterocycles. The summed E-state index contributed by atoms with van der Waals surface area (Å²) >= 11 is 0.404. The summed E-state index contributed by atoms with van der Waals surface area (Å²) in [6.07, 6.45) is 0. The first kappa shape index (κ1) is 23.0. The molecule has 1 aromatic heterocycles. The number of anilines is 3. The van der Waals surface area contributed by atoms with Gasteiger partial charge in [0.05, 0.1) is 5.56 Å². The number of hydrogen-bond acceptors (Lipinski definition) is 6. The second kappa shape index (κ2) is 10.2. The van der Waals surface area contributed by atoms with Crippen molar-refractivity contribution < 1.29 is 13.6 Å². The van der Waals surface area contributed by atoms with Gasteiger partial charge >= 0.3 is 0 Å². The van der Waals surface area contributed by atoms with Crippen LogP contribution in [0, 0.1) is 13.8 Å². The van der Waals surface area contributed by atoms with E-state index in [2.05, 4.69) is 20.2 Å². The van der Waals surface area contributed by atoms with Gasteiger partial charge in [-0.05, 0) is 38.1 Å². The molecule has 0 aliphatic carbocycles. The minimum absolute atomic E-state index is 0.223. The van der Waals surface area contributed by atoms with Gasteiger partial charge in [-0.15, -0.1) is 0 Å². The lowest BCUT2D eigenvalue weighted by molar-refractivity contribution is 0.0743. The molecule has 6 nitrogen and oxygen atoms in total. The lowest BCUT2D eigenvalue weighted by Gasteiger charge is -2.35. The van der Waals surface area contributed by atoms with E-state index in [0.29, 0.717) is 54.3 Å². The van der Waals surface area contributed by atoms with E-state index in [1.54, 1.807) is 29.2 Å². The summed E-state index contributed by atoms with van der Waals surface area (Å²) in [7, 11) is 0. The van der Waals surface area contributed by atoms with Crippen molar-refractivity contribution in [1.29, 1.82) is 0 Å². The predicted molar refractivity (Wildman–Crippen MR) is 128 cm³/mol. The standard InChI is InChI=1S/C24H25F2N5OS/c1-16-7-9-18(10-8-16)28-24-27-17(2)15-21(29-24)30-11-13-31(14-12-30)22(32)19-5-3-4-6-20(19)33-23(25)26/h3-10,15,23H,11-14H2,1-2H3,(H,27,28,29). The summed E-state index contributed by atoms with van der Waals surface area (Å²) in [6, 6.07) is 16.5. The molecule has 0 unspecified atom stereocenters. The van der Waals surface area contributed by atoms with Crippen LogP contribution in [0.25, 0.3) is 0 Å². The van der Waals surface area contributed by atoms with Crippen LogP contribution in [0.2, 0.25) is 0 Å². The number of halogens is 2. The van der Waals surface area contributed by atoms with Gasteiger partial charge in [0.1, 0.15) is 5.82 Å². The molecule has 1 saturated heterocycles. The fraction of sp³-hybridized carbons (Fsp3) is 0.292. The van der Waals surface area contributed by atoms with Crippen molar-refractivity contribution in [3.05, 3.63) is 71.4 Å². The molecule has 33 heavy (non-hydrogen) atoms. The van der Waals surface area contributed by atoms with E-state index in [9.17, 15) is 13.6 Å². The lowest BCUT2D eigenvalue weighted by Crippen LogP contribution is -2.49. The molecule has 172 valence electrons. The monoisotopic (exact) mass is 469 g/mol. The van der Waals surface area contributed by atoms with Crippen LogP contribution in [0.4, 0.5) is 26.2 Å². The van der Waals surface area contributed by atoms with Crippen molar-refractivity contribution in [1.82, 2.24) is 14.9 Å². The highest BCUT2D eigenvalue weighted by Gasteiger charge is 2.25. The van der Waals surface area contributed by atoms with Gasteiger partial charge in [-0.1, -0.05) is 41.6 Å². The number of aryl methyl sites for hydroxylation is 2. The number of hydrogen-bond donors (Lipinski definition) is 1. The van der Waals surface area contributed by atoms with Crippen molar-refractivity contribution >= 4 is 35.1 Å². The largest absolute Gasteiger partial charge is 0.353 e. The zero-order valence-corrected chi connectivity index (χ0v) is 19.3. The van der Waals surface area contributed by atoms with Gasteiger partial charge in [0.2, 0.25) is 5.95 Å². The Kier molecular flexibility index (Phi) is 7.08. The number of aromatic nitrogens is 2. The third-order valence-corrected chi connectivity index (χ3v) is 6.16. The third-order valence-electron chi connectivity index (χ3n) is 5.37. The molecule has 0 atom stereocenters. The minimum Gasteiger partial charge on any atom is -0.353 e. The Labute approximate surface area is 196 Å². The number of alkyl halides is 2. The van der Waals surface area contributed by atoms with Gasteiger partial charge in [-0.3, -0.25) is 4.79 Å². The van der Waals surface area contributed by atoms with E-state index >= 15 is 0 Å². The fourth-order valence-electron chi connectivity index (χ4n) is 3.69. The molecule has 2 aromatic carbocycles. The maximum absolute atomic E-state index is 13.0. The van der Waals surface area contributed by atoms with E-state index in [1.165, 1.54) is 5.56 Å². The Morgan fingerprint density at radius 2 is 1.70 bits per heavy atom. The van der Waals surface area contributed by atoms with Crippen molar-refractivity contribution in [2.45, 2.75) is 24.5 Å². The molecule has 2 heterocycles. The SMILES string of the molecule is Cc1ccc(Nc2nc(C)cc(N3CCN(C(=O)c4ccccc4SC(F)F)CC3)n2)cc1. The summed E-state index contributed by atoms with van der Waals surface area (Å²) in [5.41, 5.74) is 3.24. The van der Waals surface area contributed by atoms with Gasteiger partial charge < -0.3 is 15.1 Å². The predicted octanol–water partition coefficient (Wildman–Crippen LogP) is 5.11. The molecule has 0 radical (unpaired) electrons. The maximum atomic E-state index is 13.0. The minimum atomic E-state index is -2.57. The Hall–Kier alpha value is -3.20. The second-order valence-corrected chi connectivity index (χ2v) is 8.87. The zero-order chi connectivity index (χ0) is 23.4. The summed E-state index contributed by atoms with van der Waals surface area (Å²) < 4.78 is 25.8. The summed E-state index contributed by atoms with van der Waals surface area (Å²) in [5.74, 6) is -1.48. The lowest BCUT2D eigenvalue weighted by atomic mass is 10.2. The Bertz CT molecular complexity index is 1120. The Morgan fingerprint density at radius 1 is 1.00 bits per heavy atom.